The first-order valence-corrected chi connectivity index (χ1v) is 23.2. The molecule has 0 saturated heterocycles. The summed E-state index contributed by atoms with van der Waals surface area (Å²) < 4.78 is 0. The van der Waals surface area contributed by atoms with E-state index in [4.69, 9.17) is 0 Å². The van der Waals surface area contributed by atoms with E-state index in [0.29, 0.717) is 0 Å². The summed E-state index contributed by atoms with van der Waals surface area (Å²) in [7, 11) is 0. The number of unbranched alkanes of at least 4 members (excludes halogenated alkanes) is 6. The Labute approximate surface area is 322 Å². The average Bonchev–Trinajstić information content (AvgIpc) is 3.97. The molecule has 0 amide bonds. The average molecular weight is 765 g/mol. The van der Waals surface area contributed by atoms with Crippen LogP contribution in [-0.2, 0) is 10.8 Å². The van der Waals surface area contributed by atoms with Gasteiger partial charge in [0.2, 0.25) is 0 Å². The van der Waals surface area contributed by atoms with Gasteiger partial charge in [-0.1, -0.05) is 65.2 Å². The van der Waals surface area contributed by atoms with Crippen LogP contribution in [0.25, 0.3) is 36.5 Å². The summed E-state index contributed by atoms with van der Waals surface area (Å²) in [6, 6.07) is 28.9. The van der Waals surface area contributed by atoms with Gasteiger partial charge in [-0.25, -0.2) is 0 Å². The van der Waals surface area contributed by atoms with Crippen LogP contribution in [0, 0.1) is 0 Å². The van der Waals surface area contributed by atoms with E-state index in [1.54, 1.807) is 0 Å². The smallest absolute Gasteiger partial charge is 0.0732 e. The molecule has 0 saturated carbocycles. The van der Waals surface area contributed by atoms with Crippen LogP contribution < -0.4 is 0 Å². The maximum atomic E-state index is 2.44. The summed E-state index contributed by atoms with van der Waals surface area (Å²) in [5.41, 5.74) is -0.316. The minimum Gasteiger partial charge on any atom is -0.140 e. The predicted molar refractivity (Wildman–Crippen MR) is 230 cm³/mol. The van der Waals surface area contributed by atoms with Gasteiger partial charge in [-0.05, 0) is 122 Å². The molecule has 0 N–H and O–H groups in total. The van der Waals surface area contributed by atoms with Crippen molar-refractivity contribution in [2.45, 2.75) is 88.9 Å². The van der Waals surface area contributed by atoms with Crippen molar-refractivity contribution < 1.29 is 0 Å². The van der Waals surface area contributed by atoms with E-state index < -0.39 is 0 Å². The topological polar surface area (TPSA) is 0 Å². The zero-order valence-electron chi connectivity index (χ0n) is 28.9. The number of thiophene rings is 6. The molecule has 9 rings (SSSR count). The lowest BCUT2D eigenvalue weighted by Crippen LogP contribution is -2.26. The second-order valence-electron chi connectivity index (χ2n) is 13.6. The normalized spacial score (nSPS) is 21.2. The summed E-state index contributed by atoms with van der Waals surface area (Å²) in [5, 5.41) is 0. The Morgan fingerprint density at radius 3 is 0.780 bits per heavy atom. The molecule has 6 aromatic heterocycles. The number of hydrogen-bond acceptors (Lipinski definition) is 6. The van der Waals surface area contributed by atoms with Crippen LogP contribution in [0.3, 0.4) is 0 Å². The zero-order valence-corrected chi connectivity index (χ0v) is 33.8. The van der Waals surface area contributed by atoms with Crippen LogP contribution in [0.1, 0.15) is 137 Å². The molecular formula is C44H44S6. The Balaban J connectivity index is 1.39. The van der Waals surface area contributed by atoms with Gasteiger partial charge in [0.05, 0.1) is 10.8 Å². The summed E-state index contributed by atoms with van der Waals surface area (Å²) in [5.74, 6) is 0. The van der Waals surface area contributed by atoms with E-state index in [1.807, 2.05) is 68.0 Å². The van der Waals surface area contributed by atoms with Crippen molar-refractivity contribution in [3.8, 4) is 0 Å². The maximum Gasteiger partial charge on any atom is 0.0732 e. The van der Waals surface area contributed by atoms with E-state index in [2.05, 4.69) is 123 Å². The first-order chi connectivity index (χ1) is 24.6. The van der Waals surface area contributed by atoms with E-state index in [9.17, 15) is 0 Å². The van der Waals surface area contributed by atoms with Gasteiger partial charge in [0.25, 0.3) is 0 Å². The third-order valence-corrected chi connectivity index (χ3v) is 17.6. The monoisotopic (exact) mass is 764 g/mol. The molecule has 14 bridgehead atoms. The standard InChI is InChI=1S/C44H44S6/c1-3-5-7-9-29-43-37-23-17-31(45-37)11-14-34-20-26-40(48-34)44(30-10-8-6-4-2,41-27-21-35(49-41)15-12-32-18-24-38(43)46-32)42-28-22-36(50-42)16-13-33-19-25-39(43)47-33/h11-28H,3-10,29-30H2,1-2H3/b14-11-,15-12-,16-13-. The minimum atomic E-state index is -0.158. The molecule has 50 heavy (non-hydrogen) atoms. The molecule has 256 valence electrons. The molecule has 0 fully saturated rings. The molecule has 0 aromatic carbocycles. The van der Waals surface area contributed by atoms with Crippen LogP contribution >= 0.6 is 68.0 Å². The number of rotatable bonds is 10. The van der Waals surface area contributed by atoms with Crippen LogP contribution in [0.4, 0.5) is 0 Å². The Hall–Kier alpha value is -2.58. The molecule has 3 aliphatic heterocycles. The fourth-order valence-corrected chi connectivity index (χ4v) is 15.0. The summed E-state index contributed by atoms with van der Waals surface area (Å²) in [4.78, 5) is 16.8. The highest BCUT2D eigenvalue weighted by atomic mass is 32.1. The quantitative estimate of drug-likeness (QED) is 0.122. The van der Waals surface area contributed by atoms with Crippen LogP contribution in [0.2, 0.25) is 0 Å². The Morgan fingerprint density at radius 2 is 0.560 bits per heavy atom. The van der Waals surface area contributed by atoms with Crippen LogP contribution in [0.15, 0.2) is 72.8 Å². The molecule has 6 aromatic rings. The van der Waals surface area contributed by atoms with Gasteiger partial charge in [-0.3, -0.25) is 0 Å². The molecule has 0 nitrogen and oxygen atoms in total. The SMILES string of the molecule is CCCCCCC12c3ccc(s3)/C=C\c3ccc(s3)C(CCCCCC)(c3ccc(s3)/C=C\c3ccc1s3)c1ccc(s1)/C=C\c1ccc2s1. The molecule has 6 heteroatoms. The van der Waals surface area contributed by atoms with Gasteiger partial charge in [0.15, 0.2) is 0 Å². The van der Waals surface area contributed by atoms with Gasteiger partial charge in [-0.15, -0.1) is 68.0 Å². The fourth-order valence-electron chi connectivity index (χ4n) is 7.63. The second-order valence-corrected chi connectivity index (χ2v) is 20.3. The predicted octanol–water partition coefficient (Wildman–Crippen LogP) is 15.8. The van der Waals surface area contributed by atoms with Crippen LogP contribution in [0.5, 0.6) is 0 Å². The van der Waals surface area contributed by atoms with Gasteiger partial charge in [0, 0.05) is 58.5 Å². The minimum absolute atomic E-state index is 0.158. The van der Waals surface area contributed by atoms with Crippen LogP contribution in [-0.4, -0.2) is 0 Å². The lowest BCUT2D eigenvalue weighted by molar-refractivity contribution is 0.527. The Kier molecular flexibility index (Phi) is 10.5. The summed E-state index contributed by atoms with van der Waals surface area (Å²) in [6.07, 6.45) is 26.6. The highest BCUT2D eigenvalue weighted by Gasteiger charge is 2.41. The highest BCUT2D eigenvalue weighted by Crippen LogP contribution is 2.53. The molecule has 0 unspecified atom stereocenters. The Bertz CT molecular complexity index is 1760. The lowest BCUT2D eigenvalue weighted by Gasteiger charge is -2.32. The molecule has 0 radical (unpaired) electrons. The van der Waals surface area contributed by atoms with Gasteiger partial charge in [-0.2, -0.15) is 0 Å². The van der Waals surface area contributed by atoms with Gasteiger partial charge in [0.1, 0.15) is 0 Å². The largest absolute Gasteiger partial charge is 0.140 e. The van der Waals surface area contributed by atoms with Crippen molar-refractivity contribution in [1.29, 1.82) is 0 Å². The molecular weight excluding hydrogens is 721 g/mol. The van der Waals surface area contributed by atoms with Crippen molar-refractivity contribution in [3.63, 3.8) is 0 Å². The first-order valence-electron chi connectivity index (χ1n) is 18.3. The highest BCUT2D eigenvalue weighted by molar-refractivity contribution is 7.18. The summed E-state index contributed by atoms with van der Waals surface area (Å²) in [6.45, 7) is 4.63. The zero-order chi connectivity index (χ0) is 34.0. The summed E-state index contributed by atoms with van der Waals surface area (Å²) >= 11 is 11.9. The van der Waals surface area contributed by atoms with Gasteiger partial charge >= 0.3 is 0 Å². The third-order valence-electron chi connectivity index (χ3n) is 10.3. The lowest BCUT2D eigenvalue weighted by atomic mass is 9.78. The first kappa shape index (κ1) is 34.5. The van der Waals surface area contributed by atoms with E-state index in [-0.39, 0.29) is 10.8 Å². The maximum absolute atomic E-state index is 2.44. The van der Waals surface area contributed by atoms with E-state index in [1.165, 1.54) is 110 Å². The molecule has 9 heterocycles. The van der Waals surface area contributed by atoms with Gasteiger partial charge < -0.3 is 0 Å². The van der Waals surface area contributed by atoms with Crippen molar-refractivity contribution >= 4 is 104 Å². The van der Waals surface area contributed by atoms with Crippen molar-refractivity contribution in [1.82, 2.24) is 0 Å². The molecule has 0 atom stereocenters. The Morgan fingerprint density at radius 1 is 0.320 bits per heavy atom. The van der Waals surface area contributed by atoms with E-state index in [0.717, 1.165) is 12.8 Å². The third kappa shape index (κ3) is 6.61. The molecule has 3 aliphatic rings. The van der Waals surface area contributed by atoms with Crippen molar-refractivity contribution in [2.75, 3.05) is 0 Å². The van der Waals surface area contributed by atoms with E-state index >= 15 is 0 Å². The molecule has 0 spiro atoms. The second kappa shape index (κ2) is 15.2. The van der Waals surface area contributed by atoms with Crippen molar-refractivity contribution in [2.24, 2.45) is 0 Å². The molecule has 0 aliphatic carbocycles. The van der Waals surface area contributed by atoms with Crippen molar-refractivity contribution in [3.05, 3.63) is 131 Å². The fraction of sp³-hybridized carbons (Fsp3) is 0.318. The number of hydrogen-bond donors (Lipinski definition) is 0.